The molecule has 0 radical (unpaired) electrons. The topological polar surface area (TPSA) is 72.2 Å². The van der Waals surface area contributed by atoms with Crippen LogP contribution in [0.5, 0.6) is 0 Å². The summed E-state index contributed by atoms with van der Waals surface area (Å²) >= 11 is 2.15. The number of benzene rings is 1. The molecule has 1 aromatic carbocycles. The van der Waals surface area contributed by atoms with Crippen LogP contribution < -0.4 is 10.5 Å². The lowest BCUT2D eigenvalue weighted by Gasteiger charge is -2.28. The van der Waals surface area contributed by atoms with Crippen LogP contribution in [0.25, 0.3) is 0 Å². The SMILES string of the molecule is NC1(CNS(=O)(=O)c2ccc(I)cc2)CCCCCC1. The lowest BCUT2D eigenvalue weighted by Crippen LogP contribution is -2.49. The van der Waals surface area contributed by atoms with E-state index in [2.05, 4.69) is 27.3 Å². The zero-order valence-corrected chi connectivity index (χ0v) is 14.4. The van der Waals surface area contributed by atoms with Crippen LogP contribution in [-0.2, 0) is 10.0 Å². The van der Waals surface area contributed by atoms with Crippen LogP contribution in [0, 0.1) is 3.57 Å². The summed E-state index contributed by atoms with van der Waals surface area (Å²) in [7, 11) is -3.46. The number of nitrogens with two attached hydrogens (primary N) is 1. The highest BCUT2D eigenvalue weighted by Gasteiger charge is 2.28. The van der Waals surface area contributed by atoms with E-state index in [1.807, 2.05) is 0 Å². The van der Waals surface area contributed by atoms with Gasteiger partial charge >= 0.3 is 0 Å². The first-order chi connectivity index (χ1) is 9.41. The van der Waals surface area contributed by atoms with Crippen molar-refractivity contribution in [3.05, 3.63) is 27.8 Å². The average molecular weight is 408 g/mol. The van der Waals surface area contributed by atoms with Crippen molar-refractivity contribution in [1.29, 1.82) is 0 Å². The smallest absolute Gasteiger partial charge is 0.240 e. The number of nitrogens with one attached hydrogen (secondary N) is 1. The first kappa shape index (κ1) is 16.2. The maximum absolute atomic E-state index is 12.2. The highest BCUT2D eigenvalue weighted by molar-refractivity contribution is 14.1. The van der Waals surface area contributed by atoms with E-state index in [-0.39, 0.29) is 0 Å². The predicted molar refractivity (Wildman–Crippen MR) is 89.0 cm³/mol. The van der Waals surface area contributed by atoms with Gasteiger partial charge in [0.05, 0.1) is 4.90 Å². The van der Waals surface area contributed by atoms with Crippen LogP contribution in [0.15, 0.2) is 29.2 Å². The number of hydrogen-bond donors (Lipinski definition) is 2. The first-order valence-corrected chi connectivity index (χ1v) is 9.52. The summed E-state index contributed by atoms with van der Waals surface area (Å²) in [5, 5.41) is 0. The monoisotopic (exact) mass is 408 g/mol. The Bertz CT molecular complexity index is 535. The molecule has 0 unspecified atom stereocenters. The largest absolute Gasteiger partial charge is 0.324 e. The van der Waals surface area contributed by atoms with Crippen molar-refractivity contribution in [2.45, 2.75) is 49.0 Å². The Labute approximate surface area is 134 Å². The minimum atomic E-state index is -3.46. The molecule has 1 saturated carbocycles. The lowest BCUT2D eigenvalue weighted by atomic mass is 9.92. The van der Waals surface area contributed by atoms with Crippen molar-refractivity contribution in [2.75, 3.05) is 6.54 Å². The van der Waals surface area contributed by atoms with Gasteiger partial charge in [0.15, 0.2) is 0 Å². The quantitative estimate of drug-likeness (QED) is 0.595. The summed E-state index contributed by atoms with van der Waals surface area (Å²) in [6, 6.07) is 6.83. The molecule has 4 nitrogen and oxygen atoms in total. The van der Waals surface area contributed by atoms with Gasteiger partial charge in [-0.2, -0.15) is 0 Å². The van der Waals surface area contributed by atoms with Crippen LogP contribution in [0.2, 0.25) is 0 Å². The maximum Gasteiger partial charge on any atom is 0.240 e. The van der Waals surface area contributed by atoms with Crippen molar-refractivity contribution in [1.82, 2.24) is 4.72 Å². The molecule has 0 bridgehead atoms. The third-order valence-corrected chi connectivity index (χ3v) is 5.97. The van der Waals surface area contributed by atoms with E-state index in [0.717, 1.165) is 29.3 Å². The fourth-order valence-corrected chi connectivity index (χ4v) is 4.04. The molecule has 0 heterocycles. The molecule has 3 N–H and O–H groups in total. The van der Waals surface area contributed by atoms with Crippen molar-refractivity contribution >= 4 is 32.6 Å². The molecule has 2 rings (SSSR count). The van der Waals surface area contributed by atoms with Crippen molar-refractivity contribution in [3.63, 3.8) is 0 Å². The number of hydrogen-bond acceptors (Lipinski definition) is 3. The van der Waals surface area contributed by atoms with Crippen molar-refractivity contribution < 1.29 is 8.42 Å². The van der Waals surface area contributed by atoms with Gasteiger partial charge in [0.1, 0.15) is 0 Å². The van der Waals surface area contributed by atoms with Gasteiger partial charge < -0.3 is 5.73 Å². The van der Waals surface area contributed by atoms with Crippen LogP contribution in [0.1, 0.15) is 38.5 Å². The molecule has 0 atom stereocenters. The van der Waals surface area contributed by atoms with Gasteiger partial charge in [-0.3, -0.25) is 0 Å². The van der Waals surface area contributed by atoms with E-state index in [9.17, 15) is 8.42 Å². The van der Waals surface area contributed by atoms with Crippen molar-refractivity contribution in [3.8, 4) is 0 Å². The predicted octanol–water partition coefficient (Wildman–Crippen LogP) is 2.62. The van der Waals surface area contributed by atoms with Gasteiger partial charge in [-0.05, 0) is 59.7 Å². The third kappa shape index (κ3) is 4.41. The molecule has 1 fully saturated rings. The molecule has 20 heavy (non-hydrogen) atoms. The highest BCUT2D eigenvalue weighted by atomic mass is 127. The Hall–Kier alpha value is -0.180. The van der Waals surface area contributed by atoms with Gasteiger partial charge in [-0.25, -0.2) is 13.1 Å². The summed E-state index contributed by atoms with van der Waals surface area (Å²) < 4.78 is 28.2. The third-order valence-electron chi connectivity index (χ3n) is 3.84. The summed E-state index contributed by atoms with van der Waals surface area (Å²) in [6.45, 7) is 0.321. The minimum absolute atomic E-state index is 0.301. The number of halogens is 1. The molecular weight excluding hydrogens is 387 g/mol. The molecule has 1 aliphatic carbocycles. The maximum atomic E-state index is 12.2. The lowest BCUT2D eigenvalue weighted by molar-refractivity contribution is 0.369. The zero-order chi connectivity index (χ0) is 14.6. The van der Waals surface area contributed by atoms with E-state index < -0.39 is 15.6 Å². The molecule has 0 saturated heterocycles. The zero-order valence-electron chi connectivity index (χ0n) is 11.4. The van der Waals surface area contributed by atoms with Crippen LogP contribution >= 0.6 is 22.6 Å². The van der Waals surface area contributed by atoms with Crippen LogP contribution in [0.4, 0.5) is 0 Å². The van der Waals surface area contributed by atoms with Crippen LogP contribution in [-0.4, -0.2) is 20.5 Å². The normalized spacial score (nSPS) is 19.5. The summed E-state index contributed by atoms with van der Waals surface area (Å²) in [5.74, 6) is 0. The second-order valence-corrected chi connectivity index (χ2v) is 8.57. The molecule has 0 aliphatic heterocycles. The second kappa shape index (κ2) is 6.72. The van der Waals surface area contributed by atoms with Gasteiger partial charge in [0.2, 0.25) is 10.0 Å². The summed E-state index contributed by atoms with van der Waals surface area (Å²) in [4.78, 5) is 0.301. The Morgan fingerprint density at radius 3 is 2.20 bits per heavy atom. The Morgan fingerprint density at radius 1 is 1.10 bits per heavy atom. The Balaban J connectivity index is 2.03. The summed E-state index contributed by atoms with van der Waals surface area (Å²) in [5.41, 5.74) is 5.94. The molecule has 0 aromatic heterocycles. The Morgan fingerprint density at radius 2 is 1.65 bits per heavy atom. The van der Waals surface area contributed by atoms with Gasteiger partial charge in [0, 0.05) is 15.7 Å². The minimum Gasteiger partial charge on any atom is -0.324 e. The van der Waals surface area contributed by atoms with E-state index in [1.165, 1.54) is 12.8 Å². The summed E-state index contributed by atoms with van der Waals surface area (Å²) in [6.07, 6.45) is 6.35. The molecule has 112 valence electrons. The first-order valence-electron chi connectivity index (χ1n) is 6.95. The van der Waals surface area contributed by atoms with E-state index >= 15 is 0 Å². The van der Waals surface area contributed by atoms with E-state index in [0.29, 0.717) is 11.4 Å². The van der Waals surface area contributed by atoms with Gasteiger partial charge in [-0.15, -0.1) is 0 Å². The average Bonchev–Trinajstić information content (AvgIpc) is 2.63. The van der Waals surface area contributed by atoms with Crippen molar-refractivity contribution in [2.24, 2.45) is 5.73 Å². The molecule has 1 aromatic rings. The van der Waals surface area contributed by atoms with Gasteiger partial charge in [0.25, 0.3) is 0 Å². The van der Waals surface area contributed by atoms with E-state index in [1.54, 1.807) is 24.3 Å². The van der Waals surface area contributed by atoms with E-state index in [4.69, 9.17) is 5.73 Å². The molecule has 0 spiro atoms. The molecular formula is C14H21IN2O2S. The highest BCUT2D eigenvalue weighted by Crippen LogP contribution is 2.24. The second-order valence-electron chi connectivity index (χ2n) is 5.56. The standard InChI is InChI=1S/C14H21IN2O2S/c15-12-5-7-13(8-6-12)20(18,19)17-11-14(16)9-3-1-2-4-10-14/h5-8,17H,1-4,9-11,16H2. The fraction of sp³-hybridized carbons (Fsp3) is 0.571. The molecule has 0 amide bonds. The number of rotatable bonds is 4. The van der Waals surface area contributed by atoms with Crippen LogP contribution in [0.3, 0.4) is 0 Å². The number of sulfonamides is 1. The van der Waals surface area contributed by atoms with Gasteiger partial charge in [-0.1, -0.05) is 25.7 Å². The fourth-order valence-electron chi connectivity index (χ4n) is 2.55. The Kier molecular flexibility index (Phi) is 5.44. The molecule has 6 heteroatoms. The molecule has 1 aliphatic rings.